The summed E-state index contributed by atoms with van der Waals surface area (Å²) in [6.45, 7) is 0.674. The molecule has 25 heavy (non-hydrogen) atoms. The van der Waals surface area contributed by atoms with Gasteiger partial charge in [0.05, 0.1) is 25.2 Å². The van der Waals surface area contributed by atoms with Crippen LogP contribution in [0.25, 0.3) is 0 Å². The molecule has 0 saturated heterocycles. The number of nitriles is 1. The Labute approximate surface area is 147 Å². The average molecular weight is 345 g/mol. The molecule has 134 valence electrons. The monoisotopic (exact) mass is 345 g/mol. The average Bonchev–Trinajstić information content (AvgIpc) is 3.44. The third-order valence-corrected chi connectivity index (χ3v) is 5.16. The molecule has 2 aliphatic carbocycles. The molecule has 0 atom stereocenters. The van der Waals surface area contributed by atoms with E-state index in [1.807, 2.05) is 18.2 Å². The Morgan fingerprint density at radius 2 is 2.00 bits per heavy atom. The van der Waals surface area contributed by atoms with Crippen molar-refractivity contribution in [1.82, 2.24) is 0 Å². The Morgan fingerprint density at radius 1 is 1.28 bits per heavy atom. The molecule has 0 heterocycles. The zero-order valence-electron chi connectivity index (χ0n) is 14.4. The third kappa shape index (κ3) is 3.98. The van der Waals surface area contributed by atoms with Crippen LogP contribution < -0.4 is 9.47 Å². The van der Waals surface area contributed by atoms with E-state index in [2.05, 4.69) is 6.07 Å². The lowest BCUT2D eigenvalue weighted by Crippen LogP contribution is -2.34. The molecule has 2 aliphatic rings. The highest BCUT2D eigenvalue weighted by atomic mass is 16.7. The van der Waals surface area contributed by atoms with Crippen LogP contribution in [0.5, 0.6) is 11.5 Å². The highest BCUT2D eigenvalue weighted by Crippen LogP contribution is 2.43. The fraction of sp³-hybridized carbons (Fsp3) is 0.579. The zero-order chi connectivity index (χ0) is 17.9. The predicted octanol–water partition coefficient (Wildman–Crippen LogP) is 3.88. The molecule has 0 amide bonds. The minimum Gasteiger partial charge on any atom is -0.493 e. The van der Waals surface area contributed by atoms with Gasteiger partial charge >= 0.3 is 6.16 Å². The molecule has 0 unspecified atom stereocenters. The van der Waals surface area contributed by atoms with Crippen LogP contribution in [0.3, 0.4) is 0 Å². The largest absolute Gasteiger partial charge is 0.506 e. The van der Waals surface area contributed by atoms with Gasteiger partial charge in [0.1, 0.15) is 6.10 Å². The molecule has 6 nitrogen and oxygen atoms in total. The van der Waals surface area contributed by atoms with Crippen LogP contribution in [0.2, 0.25) is 0 Å². The minimum atomic E-state index is -1.25. The number of benzene rings is 1. The van der Waals surface area contributed by atoms with E-state index < -0.39 is 11.6 Å². The lowest BCUT2D eigenvalue weighted by atomic mass is 9.69. The molecule has 0 radical (unpaired) electrons. The maximum Gasteiger partial charge on any atom is 0.506 e. The van der Waals surface area contributed by atoms with Crippen molar-refractivity contribution < 1.29 is 24.1 Å². The molecule has 0 bridgehead atoms. The van der Waals surface area contributed by atoms with E-state index in [1.165, 1.54) is 12.8 Å². The summed E-state index contributed by atoms with van der Waals surface area (Å²) < 4.78 is 16.1. The Balaban J connectivity index is 1.77. The van der Waals surface area contributed by atoms with Crippen molar-refractivity contribution in [2.75, 3.05) is 13.7 Å². The fourth-order valence-electron chi connectivity index (χ4n) is 3.39. The van der Waals surface area contributed by atoms with Crippen molar-refractivity contribution in [3.05, 3.63) is 23.8 Å². The van der Waals surface area contributed by atoms with Crippen LogP contribution >= 0.6 is 0 Å². The van der Waals surface area contributed by atoms with Crippen molar-refractivity contribution in [3.63, 3.8) is 0 Å². The lowest BCUT2D eigenvalue weighted by molar-refractivity contribution is 0.0286. The first-order valence-electron chi connectivity index (χ1n) is 8.68. The number of hydrogen-bond donors (Lipinski definition) is 1. The smallest absolute Gasteiger partial charge is 0.493 e. The van der Waals surface area contributed by atoms with Gasteiger partial charge in [0.15, 0.2) is 11.5 Å². The number of nitrogens with zero attached hydrogens (tertiary/aromatic N) is 1. The molecule has 2 saturated carbocycles. The molecule has 1 aromatic rings. The van der Waals surface area contributed by atoms with E-state index in [1.54, 1.807) is 7.11 Å². The van der Waals surface area contributed by atoms with Crippen LogP contribution in [0.1, 0.15) is 44.1 Å². The lowest BCUT2D eigenvalue weighted by Gasteiger charge is -2.34. The van der Waals surface area contributed by atoms with E-state index in [0.717, 1.165) is 5.56 Å². The second-order valence-electron chi connectivity index (χ2n) is 6.90. The van der Waals surface area contributed by atoms with Crippen molar-refractivity contribution in [2.24, 2.45) is 5.92 Å². The highest BCUT2D eigenvalue weighted by molar-refractivity contribution is 5.57. The molecule has 0 spiro atoms. The molecule has 0 aliphatic heterocycles. The number of carboxylic acid groups (broad SMARTS) is 1. The van der Waals surface area contributed by atoms with Gasteiger partial charge in [-0.2, -0.15) is 5.26 Å². The summed E-state index contributed by atoms with van der Waals surface area (Å²) >= 11 is 0. The van der Waals surface area contributed by atoms with E-state index in [9.17, 15) is 10.1 Å². The molecule has 2 fully saturated rings. The Kier molecular flexibility index (Phi) is 5.03. The minimum absolute atomic E-state index is 0.331. The van der Waals surface area contributed by atoms with Crippen LogP contribution in [-0.2, 0) is 10.2 Å². The standard InChI is InChI=1S/C19H23NO5/c1-23-16-5-4-14(10-17(16)24-11-13-2-3-13)19(12-20)8-6-15(7-9-19)25-18(21)22/h4-5,10,13,15H,2-3,6-9,11H2,1H3,(H,21,22)/t15-,19-. The summed E-state index contributed by atoms with van der Waals surface area (Å²) in [5.41, 5.74) is 0.262. The maximum absolute atomic E-state index is 10.7. The van der Waals surface area contributed by atoms with Crippen molar-refractivity contribution in [2.45, 2.75) is 50.0 Å². The SMILES string of the molecule is COc1ccc([C@]2(C#N)CC[C@@H](OC(=O)O)CC2)cc1OCC1CC1. The van der Waals surface area contributed by atoms with Crippen molar-refractivity contribution in [3.8, 4) is 17.6 Å². The maximum atomic E-state index is 10.7. The molecule has 1 N–H and O–H groups in total. The molecular weight excluding hydrogens is 322 g/mol. The second-order valence-corrected chi connectivity index (χ2v) is 6.90. The molecule has 1 aromatic carbocycles. The molecule has 3 rings (SSSR count). The van der Waals surface area contributed by atoms with Crippen LogP contribution in [0.4, 0.5) is 4.79 Å². The summed E-state index contributed by atoms with van der Waals surface area (Å²) in [7, 11) is 1.60. The third-order valence-electron chi connectivity index (χ3n) is 5.16. The van der Waals surface area contributed by atoms with E-state index in [4.69, 9.17) is 19.3 Å². The van der Waals surface area contributed by atoms with E-state index in [-0.39, 0.29) is 6.10 Å². The zero-order valence-corrected chi connectivity index (χ0v) is 14.4. The van der Waals surface area contributed by atoms with Gasteiger partial charge in [-0.1, -0.05) is 6.07 Å². The Morgan fingerprint density at radius 3 is 2.56 bits per heavy atom. The number of methoxy groups -OCH3 is 1. The number of carbonyl (C=O) groups is 1. The van der Waals surface area contributed by atoms with Gasteiger partial charge < -0.3 is 19.3 Å². The summed E-state index contributed by atoms with van der Waals surface area (Å²) in [5.74, 6) is 1.97. The van der Waals surface area contributed by atoms with Crippen LogP contribution in [-0.4, -0.2) is 31.1 Å². The van der Waals surface area contributed by atoms with E-state index >= 15 is 0 Å². The van der Waals surface area contributed by atoms with Crippen molar-refractivity contribution >= 4 is 6.16 Å². The number of ether oxygens (including phenoxy) is 3. The summed E-state index contributed by atoms with van der Waals surface area (Å²) in [5, 5.41) is 18.6. The molecule has 6 heteroatoms. The fourth-order valence-corrected chi connectivity index (χ4v) is 3.39. The number of rotatable bonds is 6. The van der Waals surface area contributed by atoms with Gasteiger partial charge in [0.2, 0.25) is 0 Å². The van der Waals surface area contributed by atoms with Crippen LogP contribution in [0, 0.1) is 17.2 Å². The number of hydrogen-bond acceptors (Lipinski definition) is 5. The Bertz CT molecular complexity index is 669. The van der Waals surface area contributed by atoms with Gasteiger partial charge in [0.25, 0.3) is 0 Å². The van der Waals surface area contributed by atoms with Crippen molar-refractivity contribution in [1.29, 1.82) is 5.26 Å². The van der Waals surface area contributed by atoms with Gasteiger partial charge in [-0.25, -0.2) is 4.79 Å². The summed E-state index contributed by atoms with van der Waals surface area (Å²) in [6, 6.07) is 8.11. The predicted molar refractivity (Wildman–Crippen MR) is 89.9 cm³/mol. The first kappa shape index (κ1) is 17.4. The first-order chi connectivity index (χ1) is 12.1. The Hall–Kier alpha value is -2.42. The summed E-state index contributed by atoms with van der Waals surface area (Å²) in [6.07, 6.45) is 3.04. The van der Waals surface area contributed by atoms with Gasteiger partial charge in [-0.15, -0.1) is 0 Å². The van der Waals surface area contributed by atoms with E-state index in [0.29, 0.717) is 49.7 Å². The quantitative estimate of drug-likeness (QED) is 0.787. The first-order valence-corrected chi connectivity index (χ1v) is 8.68. The topological polar surface area (TPSA) is 88.8 Å². The van der Waals surface area contributed by atoms with Gasteiger partial charge in [-0.3, -0.25) is 0 Å². The molecular formula is C19H23NO5. The van der Waals surface area contributed by atoms with Gasteiger partial charge in [-0.05, 0) is 62.1 Å². The molecule has 0 aromatic heterocycles. The second kappa shape index (κ2) is 7.22. The highest BCUT2D eigenvalue weighted by Gasteiger charge is 2.39. The normalized spacial score (nSPS) is 25.7. The van der Waals surface area contributed by atoms with Gasteiger partial charge in [0, 0.05) is 0 Å². The summed E-state index contributed by atoms with van der Waals surface area (Å²) in [4.78, 5) is 10.7. The van der Waals surface area contributed by atoms with Crippen LogP contribution in [0.15, 0.2) is 18.2 Å².